The van der Waals surface area contributed by atoms with Crippen LogP contribution in [0.5, 0.6) is 0 Å². The van der Waals surface area contributed by atoms with Crippen molar-refractivity contribution in [3.8, 4) is 0 Å². The molecule has 0 unspecified atom stereocenters. The Bertz CT molecular complexity index is 796. The van der Waals surface area contributed by atoms with Gasteiger partial charge in [0, 0.05) is 22.2 Å². The van der Waals surface area contributed by atoms with Crippen LogP contribution in [0.15, 0.2) is 42.5 Å². The number of hydrogen-bond donors (Lipinski definition) is 2. The smallest absolute Gasteiger partial charge is 0.288 e. The SMILES string of the molecule is C[NH+](C)[C@@H](CNC(=O)c1ccc(Cl)c([N+](=O)[O-])c1)c1ccccc1Cl. The van der Waals surface area contributed by atoms with E-state index in [4.69, 9.17) is 23.2 Å². The summed E-state index contributed by atoms with van der Waals surface area (Å²) < 4.78 is 0. The molecule has 2 N–H and O–H groups in total. The topological polar surface area (TPSA) is 76.7 Å². The maximum absolute atomic E-state index is 12.4. The fraction of sp³-hybridized carbons (Fsp3) is 0.235. The van der Waals surface area contributed by atoms with E-state index in [0.717, 1.165) is 10.5 Å². The van der Waals surface area contributed by atoms with Crippen molar-refractivity contribution in [2.45, 2.75) is 6.04 Å². The minimum absolute atomic E-state index is 0.00627. The molecule has 0 spiro atoms. The normalized spacial score (nSPS) is 12.0. The predicted molar refractivity (Wildman–Crippen MR) is 97.4 cm³/mol. The second-order valence-electron chi connectivity index (χ2n) is 5.78. The van der Waals surface area contributed by atoms with E-state index in [-0.39, 0.29) is 22.3 Å². The lowest BCUT2D eigenvalue weighted by atomic mass is 10.1. The summed E-state index contributed by atoms with van der Waals surface area (Å²) in [5.74, 6) is -0.405. The van der Waals surface area contributed by atoms with Crippen molar-refractivity contribution >= 4 is 34.8 Å². The molecule has 2 aromatic carbocycles. The van der Waals surface area contributed by atoms with E-state index in [2.05, 4.69) is 5.32 Å². The van der Waals surface area contributed by atoms with Crippen LogP contribution >= 0.6 is 23.2 Å². The van der Waals surface area contributed by atoms with Crippen molar-refractivity contribution in [2.75, 3.05) is 20.6 Å². The van der Waals surface area contributed by atoms with Gasteiger partial charge in [0.2, 0.25) is 0 Å². The van der Waals surface area contributed by atoms with Gasteiger partial charge in [0.05, 0.1) is 25.6 Å². The first-order valence-corrected chi connectivity index (χ1v) is 8.33. The molecule has 2 aromatic rings. The largest absolute Gasteiger partial charge is 0.346 e. The van der Waals surface area contributed by atoms with Gasteiger partial charge in [-0.15, -0.1) is 0 Å². The average Bonchev–Trinajstić information content (AvgIpc) is 2.56. The molecule has 0 aliphatic heterocycles. The molecule has 6 nitrogen and oxygen atoms in total. The van der Waals surface area contributed by atoms with Crippen molar-refractivity contribution in [1.29, 1.82) is 0 Å². The predicted octanol–water partition coefficient (Wildman–Crippen LogP) is 2.52. The Hall–Kier alpha value is -2.15. The van der Waals surface area contributed by atoms with Crippen LogP contribution in [0, 0.1) is 10.1 Å². The van der Waals surface area contributed by atoms with Crippen LogP contribution < -0.4 is 10.2 Å². The van der Waals surface area contributed by atoms with Crippen molar-refractivity contribution in [1.82, 2.24) is 5.32 Å². The zero-order valence-electron chi connectivity index (χ0n) is 13.8. The molecule has 25 heavy (non-hydrogen) atoms. The highest BCUT2D eigenvalue weighted by atomic mass is 35.5. The summed E-state index contributed by atoms with van der Waals surface area (Å²) in [7, 11) is 3.93. The van der Waals surface area contributed by atoms with E-state index in [1.165, 1.54) is 18.2 Å². The monoisotopic (exact) mass is 382 g/mol. The molecule has 0 fully saturated rings. The highest BCUT2D eigenvalue weighted by Crippen LogP contribution is 2.25. The molecule has 8 heteroatoms. The Labute approximate surface area is 155 Å². The average molecular weight is 383 g/mol. The first-order valence-electron chi connectivity index (χ1n) is 7.58. The zero-order chi connectivity index (χ0) is 18.6. The van der Waals surface area contributed by atoms with Crippen molar-refractivity contribution in [3.05, 3.63) is 73.8 Å². The first-order chi connectivity index (χ1) is 11.8. The third-order valence-electron chi connectivity index (χ3n) is 3.85. The number of nitrogens with zero attached hydrogens (tertiary/aromatic N) is 1. The van der Waals surface area contributed by atoms with Crippen LogP contribution in [0.4, 0.5) is 5.69 Å². The van der Waals surface area contributed by atoms with E-state index >= 15 is 0 Å². The van der Waals surface area contributed by atoms with Crippen LogP contribution in [0.25, 0.3) is 0 Å². The summed E-state index contributed by atoms with van der Waals surface area (Å²) in [5.41, 5.74) is 0.810. The summed E-state index contributed by atoms with van der Waals surface area (Å²) in [6.07, 6.45) is 0. The van der Waals surface area contributed by atoms with Crippen molar-refractivity contribution < 1.29 is 14.6 Å². The number of nitro benzene ring substituents is 1. The van der Waals surface area contributed by atoms with E-state index in [0.29, 0.717) is 11.6 Å². The van der Waals surface area contributed by atoms with E-state index < -0.39 is 10.8 Å². The zero-order valence-corrected chi connectivity index (χ0v) is 15.3. The van der Waals surface area contributed by atoms with Gasteiger partial charge in [0.15, 0.2) is 0 Å². The number of benzene rings is 2. The van der Waals surface area contributed by atoms with E-state index in [1.807, 2.05) is 32.3 Å². The molecule has 0 radical (unpaired) electrons. The first kappa shape index (κ1) is 19.2. The fourth-order valence-corrected chi connectivity index (χ4v) is 2.93. The second kappa shape index (κ2) is 8.29. The molecule has 132 valence electrons. The molecule has 0 heterocycles. The Balaban J connectivity index is 2.16. The number of nitrogens with one attached hydrogen (secondary N) is 2. The third kappa shape index (κ3) is 4.69. The summed E-state index contributed by atoms with van der Waals surface area (Å²) >= 11 is 12.0. The van der Waals surface area contributed by atoms with Crippen LogP contribution in [0.3, 0.4) is 0 Å². The quantitative estimate of drug-likeness (QED) is 0.595. The molecule has 1 amide bonds. The minimum Gasteiger partial charge on any atom is -0.346 e. The number of quaternary nitrogens is 1. The standard InChI is InChI=1S/C17H17Cl2N3O3/c1-21(2)16(12-5-3-4-6-13(12)18)10-20-17(23)11-7-8-14(19)15(9-11)22(24)25/h3-9,16H,10H2,1-2H3,(H,20,23)/p+1/t16-/m0/s1. The van der Waals surface area contributed by atoms with Gasteiger partial charge in [-0.05, 0) is 18.2 Å². The Kier molecular flexibility index (Phi) is 6.36. The number of hydrogen-bond acceptors (Lipinski definition) is 3. The number of halogens is 2. The molecular formula is C17H18Cl2N3O3+. The van der Waals surface area contributed by atoms with Gasteiger partial charge in [-0.3, -0.25) is 14.9 Å². The van der Waals surface area contributed by atoms with Gasteiger partial charge in [-0.2, -0.15) is 0 Å². The number of carbonyl (C=O) groups excluding carboxylic acids is 1. The molecule has 0 aliphatic rings. The molecular weight excluding hydrogens is 365 g/mol. The van der Waals surface area contributed by atoms with Gasteiger partial charge in [-0.1, -0.05) is 41.4 Å². The van der Waals surface area contributed by atoms with E-state index in [9.17, 15) is 14.9 Å². The van der Waals surface area contributed by atoms with Crippen LogP contribution in [-0.4, -0.2) is 31.5 Å². The molecule has 0 aromatic heterocycles. The van der Waals surface area contributed by atoms with Crippen molar-refractivity contribution in [2.24, 2.45) is 0 Å². The summed E-state index contributed by atoms with van der Waals surface area (Å²) in [6, 6.07) is 11.4. The fourth-order valence-electron chi connectivity index (χ4n) is 2.47. The lowest BCUT2D eigenvalue weighted by molar-refractivity contribution is -0.890. The molecule has 0 aliphatic carbocycles. The highest BCUT2D eigenvalue weighted by Gasteiger charge is 2.22. The van der Waals surface area contributed by atoms with E-state index in [1.54, 1.807) is 6.07 Å². The Morgan fingerprint density at radius 2 is 1.88 bits per heavy atom. The molecule has 0 saturated heterocycles. The maximum Gasteiger partial charge on any atom is 0.288 e. The van der Waals surface area contributed by atoms with Gasteiger partial charge in [-0.25, -0.2) is 0 Å². The molecule has 0 bridgehead atoms. The summed E-state index contributed by atoms with van der Waals surface area (Å²) in [5, 5.41) is 14.4. The van der Waals surface area contributed by atoms with Crippen LogP contribution in [0.2, 0.25) is 10.0 Å². The minimum atomic E-state index is -0.615. The maximum atomic E-state index is 12.4. The third-order valence-corrected chi connectivity index (χ3v) is 4.51. The summed E-state index contributed by atoms with van der Waals surface area (Å²) in [6.45, 7) is 0.335. The van der Waals surface area contributed by atoms with Crippen molar-refractivity contribution in [3.63, 3.8) is 0 Å². The number of carbonyl (C=O) groups is 1. The highest BCUT2D eigenvalue weighted by molar-refractivity contribution is 6.32. The van der Waals surface area contributed by atoms with Gasteiger partial charge in [0.1, 0.15) is 11.1 Å². The molecule has 2 rings (SSSR count). The lowest BCUT2D eigenvalue weighted by Crippen LogP contribution is -3.07. The number of nitro groups is 1. The number of likely N-dealkylation sites (N-methyl/N-ethyl adjacent to an activating group) is 1. The van der Waals surface area contributed by atoms with Gasteiger partial charge < -0.3 is 10.2 Å². The molecule has 1 atom stereocenters. The summed E-state index contributed by atoms with van der Waals surface area (Å²) in [4.78, 5) is 23.8. The number of amides is 1. The number of rotatable bonds is 6. The lowest BCUT2D eigenvalue weighted by Gasteiger charge is -2.23. The van der Waals surface area contributed by atoms with Crippen LogP contribution in [-0.2, 0) is 0 Å². The Morgan fingerprint density at radius 1 is 1.20 bits per heavy atom. The van der Waals surface area contributed by atoms with Crippen LogP contribution in [0.1, 0.15) is 22.0 Å². The second-order valence-corrected chi connectivity index (χ2v) is 6.60. The molecule has 0 saturated carbocycles. The Morgan fingerprint density at radius 3 is 2.48 bits per heavy atom. The van der Waals surface area contributed by atoms with Gasteiger partial charge >= 0.3 is 0 Å². The van der Waals surface area contributed by atoms with Gasteiger partial charge in [0.25, 0.3) is 11.6 Å².